The summed E-state index contributed by atoms with van der Waals surface area (Å²) in [5.41, 5.74) is -0.390. The van der Waals surface area contributed by atoms with E-state index in [0.717, 1.165) is 5.69 Å². The van der Waals surface area contributed by atoms with Gasteiger partial charge in [0.25, 0.3) is 11.8 Å². The van der Waals surface area contributed by atoms with Gasteiger partial charge in [0.1, 0.15) is 5.60 Å². The van der Waals surface area contributed by atoms with E-state index in [9.17, 15) is 14.7 Å². The number of piperidine rings is 1. The first-order valence-electron chi connectivity index (χ1n) is 9.16. The molecule has 1 N–H and O–H groups in total. The van der Waals surface area contributed by atoms with Crippen molar-refractivity contribution in [2.45, 2.75) is 24.9 Å². The highest BCUT2D eigenvalue weighted by molar-refractivity contribution is 6.33. The Balaban J connectivity index is 1.56. The van der Waals surface area contributed by atoms with Crippen molar-refractivity contribution >= 4 is 23.4 Å². The summed E-state index contributed by atoms with van der Waals surface area (Å²) >= 11 is 6.05. The fraction of sp³-hybridized carbons (Fsp3) is 0.474. The average molecular weight is 406 g/mol. The third-order valence-corrected chi connectivity index (χ3v) is 5.32. The van der Waals surface area contributed by atoms with Crippen LogP contribution in [0.5, 0.6) is 0 Å². The van der Waals surface area contributed by atoms with Crippen LogP contribution >= 0.6 is 11.6 Å². The first-order valence-corrected chi connectivity index (χ1v) is 9.54. The molecule has 1 aliphatic rings. The van der Waals surface area contributed by atoms with Crippen molar-refractivity contribution in [2.75, 3.05) is 26.7 Å². The molecule has 0 unspecified atom stereocenters. The van der Waals surface area contributed by atoms with Gasteiger partial charge in [-0.1, -0.05) is 17.7 Å². The molecule has 0 atom stereocenters. The van der Waals surface area contributed by atoms with E-state index >= 15 is 0 Å². The second-order valence-corrected chi connectivity index (χ2v) is 7.53. The van der Waals surface area contributed by atoms with Gasteiger partial charge in [0.15, 0.2) is 5.69 Å². The fourth-order valence-corrected chi connectivity index (χ4v) is 3.59. The number of aromatic nitrogens is 3. The quantitative estimate of drug-likeness (QED) is 0.805. The van der Waals surface area contributed by atoms with E-state index < -0.39 is 5.60 Å². The number of aryl methyl sites for hydroxylation is 1. The van der Waals surface area contributed by atoms with Crippen LogP contribution in [0.2, 0.25) is 5.02 Å². The summed E-state index contributed by atoms with van der Waals surface area (Å²) in [5.74, 6) is -0.616. The number of pyridine rings is 1. The standard InChI is InChI=1S/C19H24ClN5O3/c1-23(10-6-14-5-3-4-9-21-14)18(27)19(28)7-11-25(12-8-19)17(26)16-15(20)13-24(2)22-16/h3-5,9,13,28H,6-8,10-12H2,1-2H3. The van der Waals surface area contributed by atoms with E-state index in [2.05, 4.69) is 10.1 Å². The molecule has 2 amide bonds. The minimum absolute atomic E-state index is 0.177. The lowest BCUT2D eigenvalue weighted by atomic mass is 9.89. The van der Waals surface area contributed by atoms with Crippen LogP contribution in [0.1, 0.15) is 29.0 Å². The Morgan fingerprint density at radius 1 is 1.32 bits per heavy atom. The molecular formula is C19H24ClN5O3. The van der Waals surface area contributed by atoms with Crippen LogP contribution in [0, 0.1) is 0 Å². The molecule has 150 valence electrons. The van der Waals surface area contributed by atoms with Crippen LogP contribution in [0.3, 0.4) is 0 Å². The molecule has 0 spiro atoms. The monoisotopic (exact) mass is 405 g/mol. The Morgan fingerprint density at radius 2 is 2.04 bits per heavy atom. The van der Waals surface area contributed by atoms with Crippen molar-refractivity contribution in [1.82, 2.24) is 24.6 Å². The van der Waals surface area contributed by atoms with Crippen LogP contribution in [0.25, 0.3) is 0 Å². The third kappa shape index (κ3) is 4.34. The smallest absolute Gasteiger partial charge is 0.275 e. The number of rotatable bonds is 5. The average Bonchev–Trinajstić information content (AvgIpc) is 3.04. The van der Waals surface area contributed by atoms with Crippen molar-refractivity contribution in [2.24, 2.45) is 7.05 Å². The second kappa shape index (κ2) is 8.28. The third-order valence-electron chi connectivity index (χ3n) is 5.04. The number of carbonyl (C=O) groups is 2. The van der Waals surface area contributed by atoms with E-state index in [-0.39, 0.29) is 43.4 Å². The van der Waals surface area contributed by atoms with Crippen LogP contribution in [-0.4, -0.2) is 73.8 Å². The number of amides is 2. The van der Waals surface area contributed by atoms with Gasteiger partial charge in [0, 0.05) is 71.1 Å². The number of carbonyl (C=O) groups excluding carboxylic acids is 2. The molecule has 0 aromatic carbocycles. The van der Waals surface area contributed by atoms with E-state index in [4.69, 9.17) is 11.6 Å². The molecule has 9 heteroatoms. The number of likely N-dealkylation sites (tertiary alicyclic amines) is 1. The second-order valence-electron chi connectivity index (χ2n) is 7.12. The molecule has 0 saturated carbocycles. The molecule has 0 bridgehead atoms. The summed E-state index contributed by atoms with van der Waals surface area (Å²) in [5, 5.41) is 15.2. The van der Waals surface area contributed by atoms with Gasteiger partial charge in [-0.05, 0) is 12.1 Å². The number of nitrogens with zero attached hydrogens (tertiary/aromatic N) is 5. The summed E-state index contributed by atoms with van der Waals surface area (Å²) in [6, 6.07) is 5.65. The van der Waals surface area contributed by atoms with E-state index in [1.165, 1.54) is 9.58 Å². The predicted octanol–water partition coefficient (Wildman–Crippen LogP) is 1.14. The molecule has 0 radical (unpaired) electrons. The highest BCUT2D eigenvalue weighted by atomic mass is 35.5. The van der Waals surface area contributed by atoms with Crippen LogP contribution in [0.4, 0.5) is 0 Å². The highest BCUT2D eigenvalue weighted by Gasteiger charge is 2.42. The summed E-state index contributed by atoms with van der Waals surface area (Å²) in [4.78, 5) is 32.7. The van der Waals surface area contributed by atoms with Gasteiger partial charge in [-0.2, -0.15) is 5.10 Å². The SMILES string of the molecule is CN(CCc1ccccn1)C(=O)C1(O)CCN(C(=O)c2nn(C)cc2Cl)CC1. The first kappa shape index (κ1) is 20.3. The zero-order chi connectivity index (χ0) is 20.3. The van der Waals surface area contributed by atoms with E-state index in [1.54, 1.807) is 31.4 Å². The molecule has 1 aliphatic heterocycles. The van der Waals surface area contributed by atoms with Gasteiger partial charge in [-0.15, -0.1) is 0 Å². The van der Waals surface area contributed by atoms with Crippen molar-refractivity contribution in [3.63, 3.8) is 0 Å². The van der Waals surface area contributed by atoms with Crippen LogP contribution < -0.4 is 0 Å². The van der Waals surface area contributed by atoms with Gasteiger partial charge in [-0.3, -0.25) is 19.3 Å². The summed E-state index contributed by atoms with van der Waals surface area (Å²) in [6.07, 6.45) is 4.24. The molecule has 1 fully saturated rings. The maximum absolute atomic E-state index is 12.8. The Morgan fingerprint density at radius 3 is 2.61 bits per heavy atom. The summed E-state index contributed by atoms with van der Waals surface area (Å²) < 4.78 is 1.48. The molecule has 3 heterocycles. The molecule has 1 saturated heterocycles. The largest absolute Gasteiger partial charge is 0.380 e. The Kier molecular flexibility index (Phi) is 6.00. The van der Waals surface area contributed by atoms with Crippen molar-refractivity contribution in [3.05, 3.63) is 47.0 Å². The molecule has 3 rings (SSSR count). The maximum Gasteiger partial charge on any atom is 0.275 e. The number of likely N-dealkylation sites (N-methyl/N-ethyl adjacent to an activating group) is 1. The number of hydrogen-bond acceptors (Lipinski definition) is 5. The minimum Gasteiger partial charge on any atom is -0.380 e. The van der Waals surface area contributed by atoms with Gasteiger partial charge in [-0.25, -0.2) is 0 Å². The first-order chi connectivity index (χ1) is 13.3. The lowest BCUT2D eigenvalue weighted by Crippen LogP contribution is -2.55. The van der Waals surface area contributed by atoms with Gasteiger partial charge in [0.05, 0.1) is 5.02 Å². The molecule has 2 aromatic heterocycles. The maximum atomic E-state index is 12.8. The topological polar surface area (TPSA) is 91.6 Å². The van der Waals surface area contributed by atoms with Crippen molar-refractivity contribution in [1.29, 1.82) is 0 Å². The molecule has 8 nitrogen and oxygen atoms in total. The normalized spacial score (nSPS) is 16.1. The highest BCUT2D eigenvalue weighted by Crippen LogP contribution is 2.26. The van der Waals surface area contributed by atoms with E-state index in [0.29, 0.717) is 18.0 Å². The molecular weight excluding hydrogens is 382 g/mol. The number of aliphatic hydroxyl groups is 1. The van der Waals surface area contributed by atoms with Gasteiger partial charge < -0.3 is 14.9 Å². The minimum atomic E-state index is -1.47. The summed E-state index contributed by atoms with van der Waals surface area (Å²) in [6.45, 7) is 0.995. The van der Waals surface area contributed by atoms with Crippen LogP contribution in [-0.2, 0) is 18.3 Å². The Labute approximate surface area is 168 Å². The lowest BCUT2D eigenvalue weighted by molar-refractivity contribution is -0.154. The zero-order valence-corrected chi connectivity index (χ0v) is 16.8. The van der Waals surface area contributed by atoms with Crippen molar-refractivity contribution < 1.29 is 14.7 Å². The van der Waals surface area contributed by atoms with Crippen LogP contribution in [0.15, 0.2) is 30.6 Å². The molecule has 0 aliphatic carbocycles. The zero-order valence-electron chi connectivity index (χ0n) is 16.0. The van der Waals surface area contributed by atoms with Gasteiger partial charge >= 0.3 is 0 Å². The van der Waals surface area contributed by atoms with Crippen molar-refractivity contribution in [3.8, 4) is 0 Å². The Hall–Kier alpha value is -2.45. The molecule has 2 aromatic rings. The number of halogens is 1. The molecule has 28 heavy (non-hydrogen) atoms. The predicted molar refractivity (Wildman–Crippen MR) is 104 cm³/mol. The van der Waals surface area contributed by atoms with Gasteiger partial charge in [0.2, 0.25) is 0 Å². The summed E-state index contributed by atoms with van der Waals surface area (Å²) in [7, 11) is 3.37. The van der Waals surface area contributed by atoms with E-state index in [1.807, 2.05) is 18.2 Å². The fourth-order valence-electron chi connectivity index (χ4n) is 3.33. The lowest BCUT2D eigenvalue weighted by Gasteiger charge is -2.38. The Bertz CT molecular complexity index is 847. The number of hydrogen-bond donors (Lipinski definition) is 1.